The van der Waals surface area contributed by atoms with Crippen molar-refractivity contribution in [3.63, 3.8) is 0 Å². The molecule has 2 rings (SSSR count). The van der Waals surface area contributed by atoms with E-state index < -0.39 is 0 Å². The molecule has 2 atom stereocenters. The Balaban J connectivity index is 0. The highest BCUT2D eigenvalue weighted by molar-refractivity contribution is 14.1. The zero-order valence-corrected chi connectivity index (χ0v) is 25.5. The smallest absolute Gasteiger partial charge is 0.118 e. The van der Waals surface area contributed by atoms with Crippen LogP contribution in [0.1, 0.15) is 32.4 Å². The van der Waals surface area contributed by atoms with Gasteiger partial charge in [0, 0.05) is 37.6 Å². The molecule has 0 heterocycles. The fourth-order valence-corrected chi connectivity index (χ4v) is 3.10. The van der Waals surface area contributed by atoms with Gasteiger partial charge in [-0.3, -0.25) is 0 Å². The van der Waals surface area contributed by atoms with Crippen LogP contribution in [-0.2, 0) is 45.1 Å². The summed E-state index contributed by atoms with van der Waals surface area (Å²) >= 11 is 9.70. The molecule has 8 heteroatoms. The van der Waals surface area contributed by atoms with Crippen LogP contribution < -0.4 is 9.47 Å². The van der Waals surface area contributed by atoms with Gasteiger partial charge in [0.15, 0.2) is 0 Å². The lowest BCUT2D eigenvalue weighted by Crippen LogP contribution is -2.24. The molecule has 0 aromatic heterocycles. The van der Waals surface area contributed by atoms with Crippen molar-refractivity contribution in [2.75, 3.05) is 38.5 Å². The van der Waals surface area contributed by atoms with Gasteiger partial charge in [-0.05, 0) is 35.4 Å². The molecule has 2 aromatic carbocycles. The highest BCUT2D eigenvalue weighted by Gasteiger charge is 2.19. The molecule has 0 radical (unpaired) electrons. The van der Waals surface area contributed by atoms with Crippen LogP contribution >= 0.6 is 22.6 Å². The van der Waals surface area contributed by atoms with Gasteiger partial charge in [0.25, 0.3) is 0 Å². The molecule has 0 saturated heterocycles. The van der Waals surface area contributed by atoms with E-state index in [1.54, 1.807) is 20.3 Å². The first-order valence-electron chi connectivity index (χ1n) is 11.3. The maximum absolute atomic E-state index is 9.18. The first kappa shape index (κ1) is 37.7. The summed E-state index contributed by atoms with van der Waals surface area (Å²) in [6.45, 7) is 14.0. The average molecular weight is 663 g/mol. The number of alkyl halides is 1. The molecule has 0 unspecified atom stereocenters. The third-order valence-corrected chi connectivity index (χ3v) is 7.11. The van der Waals surface area contributed by atoms with Crippen molar-refractivity contribution >= 4 is 45.0 Å². The fraction of sp³-hybridized carbons (Fsp3) is 0.448. The van der Waals surface area contributed by atoms with Gasteiger partial charge in [0.1, 0.15) is 11.5 Å². The molecule has 0 aliphatic rings. The summed E-state index contributed by atoms with van der Waals surface area (Å²) in [5.74, 6) is 1.71. The van der Waals surface area contributed by atoms with Crippen LogP contribution in [0.15, 0.2) is 73.8 Å². The second kappa shape index (κ2) is 21.5. The lowest BCUT2D eigenvalue weighted by atomic mass is 9.93. The summed E-state index contributed by atoms with van der Waals surface area (Å²) in [5.41, 5.74) is 1.93. The Kier molecular flexibility index (Phi) is 21.9. The number of aliphatic hydroxyl groups excluding tert-OH is 1. The van der Waals surface area contributed by atoms with E-state index in [4.69, 9.17) is 18.9 Å². The topological polar surface area (TPSA) is 57.2 Å². The molecule has 5 nitrogen and oxygen atoms in total. The van der Waals surface area contributed by atoms with E-state index in [-0.39, 0.29) is 24.9 Å². The molecule has 208 valence electrons. The van der Waals surface area contributed by atoms with Crippen molar-refractivity contribution in [2.24, 2.45) is 10.8 Å². The Morgan fingerprint density at radius 3 is 1.41 bits per heavy atom. The second-order valence-electron chi connectivity index (χ2n) is 8.69. The Hall–Kier alpha value is -1.43. The fourth-order valence-electron chi connectivity index (χ4n) is 2.57. The van der Waals surface area contributed by atoms with E-state index in [2.05, 4.69) is 65.0 Å². The zero-order chi connectivity index (χ0) is 27.5. The van der Waals surface area contributed by atoms with E-state index in [1.165, 1.54) is 0 Å². The summed E-state index contributed by atoms with van der Waals surface area (Å²) < 4.78 is 22.5. The van der Waals surface area contributed by atoms with Crippen LogP contribution in [0.5, 0.6) is 11.5 Å². The average Bonchev–Trinajstić information content (AvgIpc) is 2.95. The number of aliphatic hydroxyl groups is 1. The molecular formula is C29H43IO5S2. The summed E-state index contributed by atoms with van der Waals surface area (Å²) in [7, 11) is 3.31. The van der Waals surface area contributed by atoms with Crippen molar-refractivity contribution in [3.8, 4) is 11.5 Å². The molecule has 1 N–H and O–H groups in total. The summed E-state index contributed by atoms with van der Waals surface area (Å²) in [6, 6.07) is 15.7. The number of hydrogen-bond acceptors (Lipinski definition) is 7. The van der Waals surface area contributed by atoms with E-state index in [1.807, 2.05) is 61.5 Å². The van der Waals surface area contributed by atoms with E-state index >= 15 is 0 Å². The van der Waals surface area contributed by atoms with E-state index in [0.717, 1.165) is 27.1 Å². The van der Waals surface area contributed by atoms with Gasteiger partial charge in [0.05, 0.1) is 47.3 Å². The Labute approximate surface area is 248 Å². The van der Waals surface area contributed by atoms with Gasteiger partial charge in [0.2, 0.25) is 0 Å². The van der Waals surface area contributed by atoms with Crippen LogP contribution in [0.4, 0.5) is 0 Å². The SMILES string of the molecule is C.C=C[C@@](C)(CI)COCc1ccc(OC)cc1.C=C[C@@](C)(CO)COCc1ccc(OC)cc1.S=S. The molecule has 2 aromatic rings. The lowest BCUT2D eigenvalue weighted by molar-refractivity contribution is 0.0351. The van der Waals surface area contributed by atoms with Gasteiger partial charge < -0.3 is 24.1 Å². The van der Waals surface area contributed by atoms with Crippen molar-refractivity contribution < 1.29 is 24.1 Å². The number of benzene rings is 2. The van der Waals surface area contributed by atoms with Crippen molar-refractivity contribution in [1.82, 2.24) is 0 Å². The zero-order valence-electron chi connectivity index (χ0n) is 21.7. The standard InChI is InChI=1S/C14H19IO2.C14H20O3.CH4.S2/c2*1-4-14(2,10-15)11-17-9-12-5-7-13(16-3)8-6-12;;1-2/h4-8H,1,9-11H2,2-3H3;4-8,15H,1,9-11H2,2-3H3;1H4;/t2*14-;;/m00../s1. The number of hydrogen-bond donors (Lipinski definition) is 1. The quantitative estimate of drug-likeness (QED) is 0.135. The van der Waals surface area contributed by atoms with E-state index in [9.17, 15) is 5.11 Å². The Bertz CT molecular complexity index is 792. The minimum absolute atomic E-state index is 0. The number of ether oxygens (including phenoxy) is 4. The van der Waals surface area contributed by atoms with Crippen LogP contribution in [-0.4, -0.2) is 43.6 Å². The maximum atomic E-state index is 9.18. The molecule has 0 spiro atoms. The highest BCUT2D eigenvalue weighted by Crippen LogP contribution is 2.22. The minimum atomic E-state index is -0.369. The molecule has 37 heavy (non-hydrogen) atoms. The highest BCUT2D eigenvalue weighted by atomic mass is 127. The molecule has 0 bridgehead atoms. The van der Waals surface area contributed by atoms with Crippen LogP contribution in [0.2, 0.25) is 0 Å². The molecule has 0 fully saturated rings. The van der Waals surface area contributed by atoms with Crippen LogP contribution in [0, 0.1) is 10.8 Å². The molecule has 0 aliphatic carbocycles. The molecule has 0 saturated carbocycles. The maximum Gasteiger partial charge on any atom is 0.118 e. The van der Waals surface area contributed by atoms with Gasteiger partial charge in [-0.25, -0.2) is 0 Å². The Morgan fingerprint density at radius 1 is 0.784 bits per heavy atom. The predicted molar refractivity (Wildman–Crippen MR) is 169 cm³/mol. The third-order valence-electron chi connectivity index (χ3n) is 5.37. The largest absolute Gasteiger partial charge is 0.497 e. The monoisotopic (exact) mass is 662 g/mol. The van der Waals surface area contributed by atoms with Crippen molar-refractivity contribution in [2.45, 2.75) is 34.5 Å². The van der Waals surface area contributed by atoms with Crippen molar-refractivity contribution in [1.29, 1.82) is 0 Å². The predicted octanol–water partition coefficient (Wildman–Crippen LogP) is 6.87. The molecular weight excluding hydrogens is 619 g/mol. The lowest BCUT2D eigenvalue weighted by Gasteiger charge is -2.22. The second-order valence-corrected chi connectivity index (χ2v) is 9.45. The van der Waals surface area contributed by atoms with Crippen LogP contribution in [0.3, 0.4) is 0 Å². The Morgan fingerprint density at radius 2 is 1.14 bits per heavy atom. The summed E-state index contributed by atoms with van der Waals surface area (Å²) in [4.78, 5) is 0. The van der Waals surface area contributed by atoms with Gasteiger partial charge in [-0.2, -0.15) is 0 Å². The van der Waals surface area contributed by atoms with Crippen molar-refractivity contribution in [3.05, 3.63) is 85.0 Å². The summed E-state index contributed by atoms with van der Waals surface area (Å²) in [5, 5.41) is 9.18. The number of rotatable bonds is 14. The first-order chi connectivity index (χ1) is 17.3. The number of halogens is 1. The number of methoxy groups -OCH3 is 2. The molecule has 0 aliphatic heterocycles. The molecule has 0 amide bonds. The van der Waals surface area contributed by atoms with Gasteiger partial charge in [-0.1, -0.05) is 80.3 Å². The van der Waals surface area contributed by atoms with Gasteiger partial charge >= 0.3 is 0 Å². The van der Waals surface area contributed by atoms with Crippen LogP contribution in [0.25, 0.3) is 0 Å². The third kappa shape index (κ3) is 15.5. The normalized spacial score (nSPS) is 13.0. The summed E-state index contributed by atoms with van der Waals surface area (Å²) in [6.07, 6.45) is 3.69. The first-order valence-corrected chi connectivity index (χ1v) is 14.1. The van der Waals surface area contributed by atoms with Gasteiger partial charge in [-0.15, -0.1) is 13.2 Å². The van der Waals surface area contributed by atoms with E-state index in [0.29, 0.717) is 26.4 Å². The minimum Gasteiger partial charge on any atom is -0.497 e.